The lowest BCUT2D eigenvalue weighted by Crippen LogP contribution is -2.53. The molecule has 2 rings (SSSR count). The summed E-state index contributed by atoms with van der Waals surface area (Å²) in [6, 6.07) is 0.555. The van der Waals surface area contributed by atoms with E-state index in [0.29, 0.717) is 6.04 Å². The lowest BCUT2D eigenvalue weighted by Gasteiger charge is -2.37. The Morgan fingerprint density at radius 1 is 1.08 bits per heavy atom. The van der Waals surface area contributed by atoms with E-state index < -0.39 is 0 Å². The zero-order valence-electron chi connectivity index (χ0n) is 17.3. The van der Waals surface area contributed by atoms with E-state index in [-0.39, 0.29) is 24.0 Å². The predicted octanol–water partition coefficient (Wildman–Crippen LogP) is 3.16. The summed E-state index contributed by atoms with van der Waals surface area (Å²) in [5, 5.41) is 6.99. The summed E-state index contributed by atoms with van der Waals surface area (Å²) >= 11 is 0. The molecule has 2 aliphatic rings. The van der Waals surface area contributed by atoms with Crippen molar-refractivity contribution in [3.63, 3.8) is 0 Å². The van der Waals surface area contributed by atoms with Crippen molar-refractivity contribution in [3.8, 4) is 0 Å². The highest BCUT2D eigenvalue weighted by Gasteiger charge is 2.20. The summed E-state index contributed by atoms with van der Waals surface area (Å²) in [6.45, 7) is 12.5. The average Bonchev–Trinajstić information content (AvgIpc) is 3.17. The number of nitrogens with zero attached hydrogens (tertiary/aromatic N) is 3. The second kappa shape index (κ2) is 14.0. The third-order valence-electron chi connectivity index (χ3n) is 6.07. The van der Waals surface area contributed by atoms with Crippen molar-refractivity contribution >= 4 is 29.9 Å². The van der Waals surface area contributed by atoms with Gasteiger partial charge in [-0.05, 0) is 25.8 Å². The Bertz CT molecular complexity index is 376. The summed E-state index contributed by atoms with van der Waals surface area (Å²) in [5.74, 6) is 1.98. The van der Waals surface area contributed by atoms with Gasteiger partial charge in [0.2, 0.25) is 0 Å². The van der Waals surface area contributed by atoms with E-state index in [4.69, 9.17) is 0 Å². The molecule has 1 aliphatic carbocycles. The van der Waals surface area contributed by atoms with E-state index >= 15 is 0 Å². The van der Waals surface area contributed by atoms with Crippen molar-refractivity contribution in [1.29, 1.82) is 0 Å². The van der Waals surface area contributed by atoms with Crippen LogP contribution in [0.5, 0.6) is 0 Å². The van der Waals surface area contributed by atoms with Gasteiger partial charge in [-0.3, -0.25) is 9.89 Å². The summed E-state index contributed by atoms with van der Waals surface area (Å²) in [6.07, 6.45) is 9.91. The van der Waals surface area contributed by atoms with Crippen molar-refractivity contribution in [2.45, 2.75) is 64.8 Å². The lowest BCUT2D eigenvalue weighted by atomic mass is 10.0. The first-order valence-electron chi connectivity index (χ1n) is 10.6. The smallest absolute Gasteiger partial charge is 0.191 e. The molecule has 26 heavy (non-hydrogen) atoms. The van der Waals surface area contributed by atoms with Gasteiger partial charge >= 0.3 is 0 Å². The number of likely N-dealkylation sites (N-methyl/N-ethyl adjacent to an activating group) is 1. The molecule has 2 fully saturated rings. The van der Waals surface area contributed by atoms with Gasteiger partial charge in [0.15, 0.2) is 5.96 Å². The number of guanidine groups is 1. The van der Waals surface area contributed by atoms with E-state index in [0.717, 1.165) is 25.0 Å². The summed E-state index contributed by atoms with van der Waals surface area (Å²) in [4.78, 5) is 9.50. The largest absolute Gasteiger partial charge is 0.356 e. The molecule has 1 aliphatic heterocycles. The van der Waals surface area contributed by atoms with Gasteiger partial charge in [0.05, 0.1) is 0 Å². The Hall–Kier alpha value is -0.0800. The first-order valence-corrected chi connectivity index (χ1v) is 10.6. The van der Waals surface area contributed by atoms with Gasteiger partial charge in [0, 0.05) is 52.4 Å². The summed E-state index contributed by atoms with van der Waals surface area (Å²) < 4.78 is 0. The van der Waals surface area contributed by atoms with E-state index in [1.54, 1.807) is 0 Å². The van der Waals surface area contributed by atoms with Crippen LogP contribution < -0.4 is 10.6 Å². The fraction of sp³-hybridized carbons (Fsp3) is 0.950. The maximum absolute atomic E-state index is 4.37. The van der Waals surface area contributed by atoms with Gasteiger partial charge < -0.3 is 15.5 Å². The molecular weight excluding hydrogens is 437 g/mol. The highest BCUT2D eigenvalue weighted by atomic mass is 127. The Labute approximate surface area is 178 Å². The maximum atomic E-state index is 4.37. The summed E-state index contributed by atoms with van der Waals surface area (Å²) in [7, 11) is 1.87. The molecule has 2 N–H and O–H groups in total. The Kier molecular flexibility index (Phi) is 12.9. The highest BCUT2D eigenvalue weighted by Crippen LogP contribution is 2.28. The molecule has 6 heteroatoms. The number of hydrogen-bond donors (Lipinski definition) is 2. The number of halogens is 1. The highest BCUT2D eigenvalue weighted by molar-refractivity contribution is 14.0. The van der Waals surface area contributed by atoms with E-state index in [1.165, 1.54) is 77.7 Å². The fourth-order valence-electron chi connectivity index (χ4n) is 4.18. The Morgan fingerprint density at radius 2 is 1.77 bits per heavy atom. The van der Waals surface area contributed by atoms with Gasteiger partial charge in [-0.2, -0.15) is 0 Å². The molecule has 0 bridgehead atoms. The van der Waals surface area contributed by atoms with E-state index in [1.807, 2.05) is 7.05 Å². The fourth-order valence-corrected chi connectivity index (χ4v) is 4.18. The van der Waals surface area contributed by atoms with Gasteiger partial charge in [0.1, 0.15) is 0 Å². The zero-order chi connectivity index (χ0) is 17.9. The molecular formula is C20H42IN5. The van der Waals surface area contributed by atoms with Crippen LogP contribution in [0.2, 0.25) is 0 Å². The van der Waals surface area contributed by atoms with Crippen LogP contribution in [0.4, 0.5) is 0 Å². The van der Waals surface area contributed by atoms with Gasteiger partial charge in [-0.15, -0.1) is 24.0 Å². The van der Waals surface area contributed by atoms with Crippen molar-refractivity contribution in [1.82, 2.24) is 20.4 Å². The van der Waals surface area contributed by atoms with Crippen molar-refractivity contribution < 1.29 is 0 Å². The molecule has 1 saturated carbocycles. The minimum atomic E-state index is 0. The number of hydrogen-bond acceptors (Lipinski definition) is 3. The number of rotatable bonds is 9. The van der Waals surface area contributed by atoms with Crippen LogP contribution in [0.15, 0.2) is 4.99 Å². The van der Waals surface area contributed by atoms with Crippen LogP contribution in [0.3, 0.4) is 0 Å². The van der Waals surface area contributed by atoms with Crippen LogP contribution in [0.1, 0.15) is 58.8 Å². The van der Waals surface area contributed by atoms with Gasteiger partial charge in [-0.1, -0.05) is 45.4 Å². The lowest BCUT2D eigenvalue weighted by molar-refractivity contribution is 0.107. The SMILES string of the molecule is CCN1CCN(C(C)CNC(=NC)NCCCCC2CCCC2)CC1.I. The zero-order valence-corrected chi connectivity index (χ0v) is 19.6. The normalized spacial score (nSPS) is 21.4. The monoisotopic (exact) mass is 479 g/mol. The standard InChI is InChI=1S/C20H41N5.HI/c1-4-24-13-15-25(16-14-24)18(2)17-23-20(21-3)22-12-8-7-11-19-9-5-6-10-19;/h18-19H,4-17H2,1-3H3,(H2,21,22,23);1H. The number of piperazine rings is 1. The van der Waals surface area contributed by atoms with Crippen LogP contribution in [-0.2, 0) is 0 Å². The van der Waals surface area contributed by atoms with Gasteiger partial charge in [0.25, 0.3) is 0 Å². The molecule has 1 heterocycles. The molecule has 0 aromatic rings. The minimum absolute atomic E-state index is 0. The van der Waals surface area contributed by atoms with Crippen LogP contribution in [0, 0.1) is 5.92 Å². The molecule has 154 valence electrons. The first-order chi connectivity index (χ1) is 12.2. The van der Waals surface area contributed by atoms with Crippen LogP contribution >= 0.6 is 24.0 Å². The molecule has 0 amide bonds. The topological polar surface area (TPSA) is 42.9 Å². The third kappa shape index (κ3) is 8.74. The van der Waals surface area contributed by atoms with E-state index in [9.17, 15) is 0 Å². The molecule has 0 radical (unpaired) electrons. The van der Waals surface area contributed by atoms with Crippen molar-refractivity contribution in [2.24, 2.45) is 10.9 Å². The third-order valence-corrected chi connectivity index (χ3v) is 6.07. The molecule has 1 saturated heterocycles. The second-order valence-electron chi connectivity index (χ2n) is 7.85. The predicted molar refractivity (Wildman–Crippen MR) is 124 cm³/mol. The van der Waals surface area contributed by atoms with E-state index in [2.05, 4.69) is 39.3 Å². The number of nitrogens with one attached hydrogen (secondary N) is 2. The molecule has 1 unspecified atom stereocenters. The average molecular weight is 479 g/mol. The number of unbranched alkanes of at least 4 members (excludes halogenated alkanes) is 1. The molecule has 5 nitrogen and oxygen atoms in total. The quantitative estimate of drug-likeness (QED) is 0.231. The summed E-state index contributed by atoms with van der Waals surface area (Å²) in [5.41, 5.74) is 0. The van der Waals surface area contributed by atoms with Crippen molar-refractivity contribution in [2.75, 3.05) is 52.9 Å². The number of aliphatic imine (C=N–C) groups is 1. The molecule has 0 aromatic carbocycles. The molecule has 0 aromatic heterocycles. The maximum Gasteiger partial charge on any atom is 0.191 e. The van der Waals surface area contributed by atoms with Gasteiger partial charge in [-0.25, -0.2) is 0 Å². The van der Waals surface area contributed by atoms with Crippen molar-refractivity contribution in [3.05, 3.63) is 0 Å². The molecule has 0 spiro atoms. The first kappa shape index (κ1) is 24.0. The van der Waals surface area contributed by atoms with Crippen LogP contribution in [0.25, 0.3) is 0 Å². The Balaban J connectivity index is 0.00000338. The minimum Gasteiger partial charge on any atom is -0.356 e. The van der Waals surface area contributed by atoms with Crippen LogP contribution in [-0.4, -0.2) is 74.7 Å². The Morgan fingerprint density at radius 3 is 2.38 bits per heavy atom. The molecule has 1 atom stereocenters. The second-order valence-corrected chi connectivity index (χ2v) is 7.85.